The van der Waals surface area contributed by atoms with Crippen LogP contribution < -0.4 is 9.47 Å². The Hall–Kier alpha value is -3.65. The van der Waals surface area contributed by atoms with Gasteiger partial charge in [-0.2, -0.15) is 0 Å². The summed E-state index contributed by atoms with van der Waals surface area (Å²) < 4.78 is 10.8. The number of aliphatic hydroxyl groups is 1. The molecule has 2 aromatic carbocycles. The van der Waals surface area contributed by atoms with Gasteiger partial charge in [-0.15, -0.1) is 0 Å². The Morgan fingerprint density at radius 3 is 2.41 bits per heavy atom. The van der Waals surface area contributed by atoms with Crippen LogP contribution in [0.3, 0.4) is 0 Å². The van der Waals surface area contributed by atoms with Gasteiger partial charge in [-0.1, -0.05) is 23.8 Å². The lowest BCUT2D eigenvalue weighted by Crippen LogP contribution is -2.21. The molecule has 3 rings (SSSR count). The summed E-state index contributed by atoms with van der Waals surface area (Å²) in [4.78, 5) is 12.9. The number of benzene rings is 2. The van der Waals surface area contributed by atoms with Gasteiger partial charge in [0.25, 0.3) is 0 Å². The quantitative estimate of drug-likeness (QED) is 0.357. The number of ketones is 1. The summed E-state index contributed by atoms with van der Waals surface area (Å²) in [5, 5.41) is 51.3. The summed E-state index contributed by atoms with van der Waals surface area (Å²) >= 11 is 0. The zero-order chi connectivity index (χ0) is 25.2. The van der Waals surface area contributed by atoms with Gasteiger partial charge in [-0.25, -0.2) is 0 Å². The Balaban J connectivity index is 1.84. The molecule has 0 radical (unpaired) electrons. The summed E-state index contributed by atoms with van der Waals surface area (Å²) in [7, 11) is 1.30. The SMILES string of the molecule is C=C(C)C(O)CC/C(C)=C/Cc1c(O)cc2c(c1O)C(=O)C[C@@H](c1cc(O)c(OC)c(O)c1)O2. The number of hydrogen-bond donors (Lipinski definition) is 5. The van der Waals surface area contributed by atoms with E-state index in [2.05, 4.69) is 6.58 Å². The molecule has 0 aliphatic carbocycles. The van der Waals surface area contributed by atoms with E-state index in [1.54, 1.807) is 6.92 Å². The Morgan fingerprint density at radius 2 is 1.82 bits per heavy atom. The molecule has 0 bridgehead atoms. The maximum absolute atomic E-state index is 12.9. The van der Waals surface area contributed by atoms with Gasteiger partial charge < -0.3 is 35.0 Å². The summed E-state index contributed by atoms with van der Waals surface area (Å²) in [5.74, 6) is -1.66. The second-order valence-electron chi connectivity index (χ2n) is 8.58. The molecule has 1 aliphatic heterocycles. The molecule has 0 saturated heterocycles. The highest BCUT2D eigenvalue weighted by atomic mass is 16.5. The van der Waals surface area contributed by atoms with Gasteiger partial charge >= 0.3 is 0 Å². The Bertz CT molecular complexity index is 1120. The minimum Gasteiger partial charge on any atom is -0.507 e. The van der Waals surface area contributed by atoms with E-state index >= 15 is 0 Å². The smallest absolute Gasteiger partial charge is 0.202 e. The van der Waals surface area contributed by atoms with Crippen molar-refractivity contribution in [2.75, 3.05) is 7.11 Å². The molecule has 0 amide bonds. The van der Waals surface area contributed by atoms with Crippen LogP contribution in [0, 0.1) is 0 Å². The minimum atomic E-state index is -0.839. The first kappa shape index (κ1) is 25.0. The summed E-state index contributed by atoms with van der Waals surface area (Å²) in [6, 6.07) is 3.94. The van der Waals surface area contributed by atoms with Crippen molar-refractivity contribution in [1.82, 2.24) is 0 Å². The zero-order valence-corrected chi connectivity index (χ0v) is 19.5. The topological polar surface area (TPSA) is 137 Å². The predicted molar refractivity (Wildman–Crippen MR) is 126 cm³/mol. The monoisotopic (exact) mass is 470 g/mol. The first-order chi connectivity index (χ1) is 16.0. The molecule has 1 aliphatic rings. The van der Waals surface area contributed by atoms with Crippen molar-refractivity contribution in [1.29, 1.82) is 0 Å². The fraction of sp³-hybridized carbons (Fsp3) is 0.346. The number of methoxy groups -OCH3 is 1. The van der Waals surface area contributed by atoms with Crippen LogP contribution in [0.15, 0.2) is 42.0 Å². The lowest BCUT2D eigenvalue weighted by molar-refractivity contribution is 0.0843. The molecule has 2 aromatic rings. The number of ether oxygens (including phenoxy) is 2. The van der Waals surface area contributed by atoms with Crippen molar-refractivity contribution in [2.45, 2.75) is 51.7 Å². The number of phenols is 4. The van der Waals surface area contributed by atoms with E-state index < -0.39 is 18.0 Å². The summed E-state index contributed by atoms with van der Waals surface area (Å²) in [6.45, 7) is 7.37. The van der Waals surface area contributed by atoms with Gasteiger partial charge in [-0.3, -0.25) is 4.79 Å². The molecular weight excluding hydrogens is 440 g/mol. The molecule has 1 heterocycles. The highest BCUT2D eigenvalue weighted by Crippen LogP contribution is 2.46. The molecule has 8 heteroatoms. The number of aromatic hydroxyl groups is 4. The number of fused-ring (bicyclic) bond motifs is 1. The second-order valence-corrected chi connectivity index (χ2v) is 8.58. The van der Waals surface area contributed by atoms with E-state index in [4.69, 9.17) is 9.47 Å². The fourth-order valence-electron chi connectivity index (χ4n) is 3.89. The van der Waals surface area contributed by atoms with Crippen molar-refractivity contribution in [3.05, 3.63) is 58.7 Å². The van der Waals surface area contributed by atoms with Gasteiger partial charge in [0.2, 0.25) is 5.75 Å². The van der Waals surface area contributed by atoms with Crippen LogP contribution in [0.1, 0.15) is 60.7 Å². The lowest BCUT2D eigenvalue weighted by atomic mass is 9.92. The van der Waals surface area contributed by atoms with E-state index in [1.165, 1.54) is 25.3 Å². The average Bonchev–Trinajstić information content (AvgIpc) is 2.76. The van der Waals surface area contributed by atoms with Gasteiger partial charge in [0.15, 0.2) is 17.3 Å². The number of hydrogen-bond acceptors (Lipinski definition) is 8. The van der Waals surface area contributed by atoms with Crippen LogP contribution in [0.4, 0.5) is 0 Å². The number of phenolic OH excluding ortho intramolecular Hbond substituents is 4. The maximum atomic E-state index is 12.9. The van der Waals surface area contributed by atoms with Crippen LogP contribution >= 0.6 is 0 Å². The Labute approximate surface area is 198 Å². The standard InChI is InChI=1S/C26H30O8/c1-13(2)17(27)8-6-14(3)5-7-16-18(28)11-23-24(25(16)32)19(29)12-22(34-23)15-9-20(30)26(33-4)21(31)10-15/h5,9-11,17,22,27-28,30-32H,1,6-8,12H2,2-4H3/b14-5+/t17?,22-/m0/s1. The Morgan fingerprint density at radius 1 is 1.18 bits per heavy atom. The van der Waals surface area contributed by atoms with E-state index in [1.807, 2.05) is 13.0 Å². The van der Waals surface area contributed by atoms with Gasteiger partial charge in [0.1, 0.15) is 28.9 Å². The molecule has 34 heavy (non-hydrogen) atoms. The third-order valence-electron chi connectivity index (χ3n) is 5.95. The third kappa shape index (κ3) is 5.12. The molecule has 182 valence electrons. The second kappa shape index (κ2) is 10.1. The fourth-order valence-corrected chi connectivity index (χ4v) is 3.89. The first-order valence-electron chi connectivity index (χ1n) is 10.9. The number of aliphatic hydroxyl groups excluding tert-OH is 1. The molecular formula is C26H30O8. The maximum Gasteiger partial charge on any atom is 0.202 e. The van der Waals surface area contributed by atoms with E-state index in [0.29, 0.717) is 24.0 Å². The summed E-state index contributed by atoms with van der Waals surface area (Å²) in [6.07, 6.45) is 1.59. The Kier molecular flexibility index (Phi) is 7.41. The van der Waals surface area contributed by atoms with Crippen molar-refractivity contribution in [3.63, 3.8) is 0 Å². The highest BCUT2D eigenvalue weighted by Gasteiger charge is 2.33. The molecule has 5 N–H and O–H groups in total. The first-order valence-corrected chi connectivity index (χ1v) is 10.9. The van der Waals surface area contributed by atoms with Crippen LogP contribution in [-0.4, -0.2) is 44.5 Å². The zero-order valence-electron chi connectivity index (χ0n) is 19.5. The molecule has 0 fully saturated rings. The van der Waals surface area contributed by atoms with Crippen molar-refractivity contribution in [3.8, 4) is 34.5 Å². The summed E-state index contributed by atoms with van der Waals surface area (Å²) in [5.41, 5.74) is 2.17. The van der Waals surface area contributed by atoms with Crippen LogP contribution in [0.2, 0.25) is 0 Å². The predicted octanol–water partition coefficient (Wildman–Crippen LogP) is 4.43. The lowest BCUT2D eigenvalue weighted by Gasteiger charge is -2.27. The largest absolute Gasteiger partial charge is 0.507 e. The van der Waals surface area contributed by atoms with E-state index in [0.717, 1.165) is 5.57 Å². The minimum absolute atomic E-state index is 0.0140. The molecule has 1 unspecified atom stereocenters. The van der Waals surface area contributed by atoms with Crippen LogP contribution in [0.25, 0.3) is 0 Å². The highest BCUT2D eigenvalue weighted by molar-refractivity contribution is 6.03. The number of Topliss-reactive ketones (excluding diaryl/α,β-unsaturated/α-hetero) is 1. The van der Waals surface area contributed by atoms with Crippen molar-refractivity contribution >= 4 is 5.78 Å². The van der Waals surface area contributed by atoms with Gasteiger partial charge in [0, 0.05) is 17.2 Å². The molecule has 0 saturated carbocycles. The van der Waals surface area contributed by atoms with Gasteiger partial charge in [0.05, 0.1) is 19.6 Å². The number of carbonyl (C=O) groups excluding carboxylic acids is 1. The molecule has 0 spiro atoms. The molecule has 8 nitrogen and oxygen atoms in total. The van der Waals surface area contributed by atoms with Crippen molar-refractivity contribution < 1.29 is 39.8 Å². The number of allylic oxidation sites excluding steroid dienone is 2. The number of rotatable bonds is 8. The third-order valence-corrected chi connectivity index (χ3v) is 5.95. The van der Waals surface area contributed by atoms with Crippen LogP contribution in [-0.2, 0) is 6.42 Å². The average molecular weight is 471 g/mol. The molecule has 0 aromatic heterocycles. The normalized spacial score (nSPS) is 16.5. The molecule has 2 atom stereocenters. The van der Waals surface area contributed by atoms with E-state index in [-0.39, 0.29) is 58.5 Å². The number of carbonyl (C=O) groups is 1. The van der Waals surface area contributed by atoms with Gasteiger partial charge in [-0.05, 0) is 45.2 Å². The van der Waals surface area contributed by atoms with Crippen molar-refractivity contribution in [2.24, 2.45) is 0 Å². The van der Waals surface area contributed by atoms with E-state index in [9.17, 15) is 30.3 Å². The van der Waals surface area contributed by atoms with Crippen LogP contribution in [0.5, 0.6) is 34.5 Å².